The maximum atomic E-state index is 17.2. The van der Waals surface area contributed by atoms with Gasteiger partial charge in [-0.15, -0.1) is 0 Å². The van der Waals surface area contributed by atoms with Gasteiger partial charge in [-0.1, -0.05) is 24.6 Å². The van der Waals surface area contributed by atoms with Crippen molar-refractivity contribution in [1.82, 2.24) is 14.5 Å². The minimum atomic E-state index is -4.13. The van der Waals surface area contributed by atoms with Crippen LogP contribution in [0.15, 0.2) is 42.2 Å². The van der Waals surface area contributed by atoms with Crippen molar-refractivity contribution in [2.75, 3.05) is 37.7 Å². The first-order valence-electron chi connectivity index (χ1n) is 17.9. The highest BCUT2D eigenvalue weighted by atomic mass is 35.5. The number of carbonyl (C=O) groups is 2. The number of hydrogen-bond donors (Lipinski definition) is 1. The molecule has 2 amide bonds. The van der Waals surface area contributed by atoms with Crippen LogP contribution in [-0.4, -0.2) is 86.3 Å². The Balaban J connectivity index is 1.37. The third kappa shape index (κ3) is 5.70. The lowest BCUT2D eigenvalue weighted by Crippen LogP contribution is -2.60. The normalized spacial score (nSPS) is 33.3. The number of fused-ring (bicyclic) bond motifs is 3. The number of morpholine rings is 1. The van der Waals surface area contributed by atoms with Crippen molar-refractivity contribution in [3.8, 4) is 5.75 Å². The molecule has 50 heavy (non-hydrogen) atoms. The SMILES string of the molecule is C[C@@H]1[C@@H](C)C/C=C(\F)[C@@H](C(=O)N2C[C@H]3C[C@@H]2CO3)N2CCC[C@@]23CN2CCCCc4cc(Cl)cc3c4COc3ccc(cc32)C(=O)NS1(=O)=O. The molecule has 6 atom stereocenters. The Bertz CT molecular complexity index is 1870. The standard InChI is InChI=1S/C37H44ClFN4O6S/c1-22-7-9-31(39)34(36(45)42-18-28-17-27(42)19-48-28)43-13-5-11-37(43)21-41-12-4-3-6-24-14-26(38)16-30(37)29(24)20-49-33-10-8-25(15-32(33)41)35(44)40-50(46,47)23(22)2/h8-10,14-16,22-23,27-28,34H,3-7,11-13,17-21H2,1-2H3,(H,40,44)/b31-9-/t22-,23+,27+,28+,34-,37-/m0/s1. The Morgan fingerprint density at radius 1 is 1.12 bits per heavy atom. The summed E-state index contributed by atoms with van der Waals surface area (Å²) in [6.45, 7) is 5.79. The van der Waals surface area contributed by atoms with Gasteiger partial charge in [0.15, 0.2) is 0 Å². The topological polar surface area (TPSA) is 108 Å². The lowest BCUT2D eigenvalue weighted by atomic mass is 9.79. The number of nitrogens with one attached hydrogen (secondary N) is 1. The van der Waals surface area contributed by atoms with Gasteiger partial charge in [-0.3, -0.25) is 14.5 Å². The highest BCUT2D eigenvalue weighted by molar-refractivity contribution is 7.90. The number of rotatable bonds is 1. The number of ether oxygens (including phenoxy) is 2. The second-order valence-electron chi connectivity index (χ2n) is 15.0. The molecule has 0 aromatic heterocycles. The molecule has 0 aliphatic carbocycles. The number of anilines is 1. The first-order chi connectivity index (χ1) is 23.9. The van der Waals surface area contributed by atoms with Crippen LogP contribution in [0.4, 0.5) is 10.1 Å². The summed E-state index contributed by atoms with van der Waals surface area (Å²) in [7, 11) is -4.13. The van der Waals surface area contributed by atoms with E-state index in [9.17, 15) is 18.0 Å². The molecule has 6 aliphatic heterocycles. The van der Waals surface area contributed by atoms with Gasteiger partial charge in [0.2, 0.25) is 15.9 Å². The maximum Gasteiger partial charge on any atom is 0.264 e. The van der Waals surface area contributed by atoms with E-state index in [1.165, 1.54) is 13.0 Å². The van der Waals surface area contributed by atoms with Crippen LogP contribution in [0.3, 0.4) is 0 Å². The molecular formula is C37H44ClFN4O6S. The number of likely N-dealkylation sites (tertiary alicyclic amines) is 1. The van der Waals surface area contributed by atoms with Gasteiger partial charge >= 0.3 is 0 Å². The molecule has 3 saturated heterocycles. The number of allylic oxidation sites excluding steroid dienone is 1. The van der Waals surface area contributed by atoms with E-state index in [2.05, 4.69) is 14.5 Å². The third-order valence-electron chi connectivity index (χ3n) is 12.1. The van der Waals surface area contributed by atoms with Crippen LogP contribution in [0.2, 0.25) is 5.02 Å². The first-order valence-corrected chi connectivity index (χ1v) is 19.8. The van der Waals surface area contributed by atoms with Crippen molar-refractivity contribution in [3.05, 3.63) is 69.5 Å². The van der Waals surface area contributed by atoms with E-state index in [1.807, 2.05) is 12.1 Å². The second-order valence-corrected chi connectivity index (χ2v) is 17.5. The number of halogens is 2. The molecule has 2 aromatic carbocycles. The lowest BCUT2D eigenvalue weighted by Gasteiger charge is -2.47. The number of aryl methyl sites for hydroxylation is 1. The van der Waals surface area contributed by atoms with Crippen LogP contribution in [0.1, 0.15) is 79.4 Å². The smallest absolute Gasteiger partial charge is 0.264 e. The molecule has 2 aromatic rings. The van der Waals surface area contributed by atoms with Crippen molar-refractivity contribution < 1.29 is 31.9 Å². The number of amides is 2. The molecule has 268 valence electrons. The fraction of sp³-hybridized carbons (Fsp3) is 0.568. The molecule has 1 spiro atoms. The minimum Gasteiger partial charge on any atom is -0.487 e. The van der Waals surface area contributed by atoms with Crippen molar-refractivity contribution in [2.24, 2.45) is 5.92 Å². The lowest BCUT2D eigenvalue weighted by molar-refractivity contribution is -0.142. The van der Waals surface area contributed by atoms with E-state index in [-0.39, 0.29) is 36.6 Å². The summed E-state index contributed by atoms with van der Waals surface area (Å²) in [6.07, 6.45) is 6.01. The summed E-state index contributed by atoms with van der Waals surface area (Å²) in [6, 6.07) is 7.69. The van der Waals surface area contributed by atoms with Crippen LogP contribution in [0.5, 0.6) is 5.75 Å². The van der Waals surface area contributed by atoms with Gasteiger partial charge in [0.05, 0.1) is 35.2 Å². The number of hydrogen-bond acceptors (Lipinski definition) is 8. The Morgan fingerprint density at radius 3 is 2.74 bits per heavy atom. The average Bonchev–Trinajstić information content (AvgIpc) is 3.84. The minimum absolute atomic E-state index is 0.0563. The van der Waals surface area contributed by atoms with E-state index in [0.717, 1.165) is 48.8 Å². The van der Waals surface area contributed by atoms with Gasteiger partial charge in [-0.2, -0.15) is 0 Å². The number of carbonyl (C=O) groups excluding carboxylic acids is 2. The van der Waals surface area contributed by atoms with E-state index in [1.54, 1.807) is 30.0 Å². The molecule has 10 nitrogen and oxygen atoms in total. The molecule has 6 aliphatic rings. The van der Waals surface area contributed by atoms with Crippen LogP contribution in [0, 0.1) is 5.92 Å². The van der Waals surface area contributed by atoms with Gasteiger partial charge in [0.1, 0.15) is 24.2 Å². The highest BCUT2D eigenvalue weighted by Crippen LogP contribution is 2.49. The fourth-order valence-corrected chi connectivity index (χ4v) is 10.7. The van der Waals surface area contributed by atoms with Crippen molar-refractivity contribution >= 4 is 39.1 Å². The molecular weight excluding hydrogens is 683 g/mol. The van der Waals surface area contributed by atoms with Crippen LogP contribution >= 0.6 is 11.6 Å². The molecule has 3 fully saturated rings. The summed E-state index contributed by atoms with van der Waals surface area (Å²) in [5.41, 5.74) is 3.04. The van der Waals surface area contributed by atoms with E-state index < -0.39 is 44.5 Å². The third-order valence-corrected chi connectivity index (χ3v) is 14.2. The molecule has 6 heterocycles. The van der Waals surface area contributed by atoms with Gasteiger partial charge in [0.25, 0.3) is 5.91 Å². The van der Waals surface area contributed by atoms with Crippen LogP contribution < -0.4 is 14.4 Å². The summed E-state index contributed by atoms with van der Waals surface area (Å²) < 4.78 is 58.9. The molecule has 13 heteroatoms. The van der Waals surface area contributed by atoms with E-state index >= 15 is 4.39 Å². The van der Waals surface area contributed by atoms with Crippen molar-refractivity contribution in [3.63, 3.8) is 0 Å². The summed E-state index contributed by atoms with van der Waals surface area (Å²) in [5.74, 6) is -1.60. The molecule has 0 unspecified atom stereocenters. The van der Waals surface area contributed by atoms with Crippen molar-refractivity contribution in [1.29, 1.82) is 0 Å². The van der Waals surface area contributed by atoms with Crippen LogP contribution in [-0.2, 0) is 38.1 Å². The van der Waals surface area contributed by atoms with Gasteiger partial charge in [-0.05, 0) is 105 Å². The maximum absolute atomic E-state index is 17.2. The van der Waals surface area contributed by atoms with Crippen LogP contribution in [0.25, 0.3) is 0 Å². The molecule has 1 N–H and O–H groups in total. The van der Waals surface area contributed by atoms with Crippen molar-refractivity contribution in [2.45, 2.75) is 94.4 Å². The summed E-state index contributed by atoms with van der Waals surface area (Å²) >= 11 is 6.91. The summed E-state index contributed by atoms with van der Waals surface area (Å²) in [4.78, 5) is 34.5. The number of nitrogens with zero attached hydrogens (tertiary/aromatic N) is 3. The Labute approximate surface area is 297 Å². The first kappa shape index (κ1) is 33.9. The predicted octanol–water partition coefficient (Wildman–Crippen LogP) is 5.08. The number of sulfonamides is 1. The molecule has 0 radical (unpaired) electrons. The molecule has 0 saturated carbocycles. The van der Waals surface area contributed by atoms with Gasteiger partial charge in [-0.25, -0.2) is 17.5 Å². The predicted molar refractivity (Wildman–Crippen MR) is 187 cm³/mol. The zero-order chi connectivity index (χ0) is 34.9. The zero-order valence-corrected chi connectivity index (χ0v) is 30.1. The van der Waals surface area contributed by atoms with E-state index in [0.29, 0.717) is 55.7 Å². The largest absolute Gasteiger partial charge is 0.487 e. The quantitative estimate of drug-likeness (QED) is 0.434. The van der Waals surface area contributed by atoms with Gasteiger partial charge < -0.3 is 19.3 Å². The highest BCUT2D eigenvalue weighted by Gasteiger charge is 2.54. The fourth-order valence-electron chi connectivity index (χ4n) is 9.13. The monoisotopic (exact) mass is 726 g/mol. The van der Waals surface area contributed by atoms with E-state index in [4.69, 9.17) is 21.1 Å². The Morgan fingerprint density at radius 2 is 1.96 bits per heavy atom. The second kappa shape index (κ2) is 12.8. The summed E-state index contributed by atoms with van der Waals surface area (Å²) in [5, 5.41) is -0.423. The zero-order valence-electron chi connectivity index (χ0n) is 28.5. The average molecular weight is 727 g/mol. The number of benzene rings is 2. The molecule has 9 bridgehead atoms. The Kier molecular flexibility index (Phi) is 8.68. The molecule has 8 rings (SSSR count). The van der Waals surface area contributed by atoms with Gasteiger partial charge in [0, 0.05) is 36.8 Å². The Hall–Kier alpha value is -3.19.